The van der Waals surface area contributed by atoms with Gasteiger partial charge >= 0.3 is 0 Å². The van der Waals surface area contributed by atoms with Crippen LogP contribution in [0.5, 0.6) is 0 Å². The first kappa shape index (κ1) is 14.8. The maximum atomic E-state index is 13.6. The smallest absolute Gasteiger partial charge is 0.272 e. The van der Waals surface area contributed by atoms with Crippen molar-refractivity contribution in [2.24, 2.45) is 12.8 Å². The van der Waals surface area contributed by atoms with Crippen LogP contribution >= 0.6 is 0 Å². The number of carbonyl (C=O) groups excluding carboxylic acids is 1. The summed E-state index contributed by atoms with van der Waals surface area (Å²) in [7, 11) is 1.81. The zero-order chi connectivity index (χ0) is 15.4. The van der Waals surface area contributed by atoms with Gasteiger partial charge in [0.1, 0.15) is 11.5 Å². The van der Waals surface area contributed by atoms with Gasteiger partial charge in [-0.1, -0.05) is 11.8 Å². The highest BCUT2D eigenvalue weighted by molar-refractivity contribution is 6.03. The molecule has 0 atom stereocenters. The Labute approximate surface area is 122 Å². The van der Waals surface area contributed by atoms with Gasteiger partial charge in [-0.2, -0.15) is 0 Å². The summed E-state index contributed by atoms with van der Waals surface area (Å²) in [6.45, 7) is 2.06. The number of halogens is 1. The van der Waals surface area contributed by atoms with Crippen LogP contribution in [0.1, 0.15) is 21.7 Å². The second-order valence-electron chi connectivity index (χ2n) is 4.57. The molecule has 3 N–H and O–H groups in total. The van der Waals surface area contributed by atoms with Crippen molar-refractivity contribution < 1.29 is 9.18 Å². The summed E-state index contributed by atoms with van der Waals surface area (Å²) < 4.78 is 15.3. The third-order valence-electron chi connectivity index (χ3n) is 3.15. The Hall–Kier alpha value is -2.58. The van der Waals surface area contributed by atoms with Crippen LogP contribution in [0.2, 0.25) is 0 Å². The number of carbonyl (C=O) groups is 1. The molecule has 21 heavy (non-hydrogen) atoms. The fourth-order valence-corrected chi connectivity index (χ4v) is 1.88. The molecule has 0 spiro atoms. The van der Waals surface area contributed by atoms with Gasteiger partial charge in [0.25, 0.3) is 5.91 Å². The third-order valence-corrected chi connectivity index (χ3v) is 3.15. The van der Waals surface area contributed by atoms with Gasteiger partial charge < -0.3 is 15.6 Å². The summed E-state index contributed by atoms with van der Waals surface area (Å²) in [6, 6.07) is 7.86. The molecule has 0 saturated heterocycles. The maximum Gasteiger partial charge on any atom is 0.272 e. The summed E-state index contributed by atoms with van der Waals surface area (Å²) in [5, 5.41) is 2.73. The van der Waals surface area contributed by atoms with Gasteiger partial charge in [-0.3, -0.25) is 4.79 Å². The second kappa shape index (κ2) is 6.25. The first-order valence-corrected chi connectivity index (χ1v) is 6.45. The third kappa shape index (κ3) is 3.30. The van der Waals surface area contributed by atoms with E-state index in [9.17, 15) is 9.18 Å². The average Bonchev–Trinajstić information content (AvgIpc) is 2.79. The number of aromatic nitrogens is 1. The Bertz CT molecular complexity index is 738. The minimum atomic E-state index is -0.441. The molecule has 4 nitrogen and oxygen atoms in total. The normalized spacial score (nSPS) is 9.90. The molecular weight excluding hydrogens is 269 g/mol. The van der Waals surface area contributed by atoms with Gasteiger partial charge in [0.05, 0.1) is 12.1 Å². The molecule has 2 rings (SSSR count). The van der Waals surface area contributed by atoms with E-state index in [1.807, 2.05) is 20.0 Å². The number of aryl methyl sites for hydroxylation is 1. The van der Waals surface area contributed by atoms with Crippen LogP contribution in [-0.4, -0.2) is 17.0 Å². The van der Waals surface area contributed by atoms with Crippen LogP contribution in [0, 0.1) is 24.6 Å². The fourth-order valence-electron chi connectivity index (χ4n) is 1.88. The summed E-state index contributed by atoms with van der Waals surface area (Å²) >= 11 is 0. The van der Waals surface area contributed by atoms with E-state index in [1.54, 1.807) is 10.6 Å². The predicted molar refractivity (Wildman–Crippen MR) is 80.4 cm³/mol. The second-order valence-corrected chi connectivity index (χ2v) is 4.57. The minimum absolute atomic E-state index is 0.151. The quantitative estimate of drug-likeness (QED) is 0.829. The summed E-state index contributed by atoms with van der Waals surface area (Å²) in [6.07, 6.45) is 0. The number of nitrogens with two attached hydrogens (primary N) is 1. The first-order chi connectivity index (χ1) is 10.0. The van der Waals surface area contributed by atoms with E-state index < -0.39 is 5.82 Å². The number of benzene rings is 1. The van der Waals surface area contributed by atoms with Crippen molar-refractivity contribution in [3.05, 3.63) is 53.1 Å². The van der Waals surface area contributed by atoms with E-state index in [0.717, 1.165) is 5.69 Å². The number of amides is 1. The molecule has 0 bridgehead atoms. The Balaban J connectivity index is 2.24. The fraction of sp³-hybridized carbons (Fsp3) is 0.188. The molecule has 0 radical (unpaired) electrons. The van der Waals surface area contributed by atoms with Crippen LogP contribution in [0.4, 0.5) is 10.1 Å². The van der Waals surface area contributed by atoms with Crippen LogP contribution in [0.25, 0.3) is 0 Å². The van der Waals surface area contributed by atoms with Crippen molar-refractivity contribution in [2.45, 2.75) is 6.92 Å². The SMILES string of the molecule is Cc1ccc(C(=O)Nc2ccc(F)c(C#CCN)c2)n1C. The number of nitrogens with zero attached hydrogens (tertiary/aromatic N) is 1. The highest BCUT2D eigenvalue weighted by Crippen LogP contribution is 2.15. The Morgan fingerprint density at radius 2 is 2.14 bits per heavy atom. The van der Waals surface area contributed by atoms with Crippen molar-refractivity contribution in [3.8, 4) is 11.8 Å². The minimum Gasteiger partial charge on any atom is -0.344 e. The van der Waals surface area contributed by atoms with Gasteiger partial charge in [-0.05, 0) is 37.3 Å². The lowest BCUT2D eigenvalue weighted by atomic mass is 10.2. The highest BCUT2D eigenvalue weighted by Gasteiger charge is 2.11. The van der Waals surface area contributed by atoms with Crippen molar-refractivity contribution in [2.75, 3.05) is 11.9 Å². The highest BCUT2D eigenvalue weighted by atomic mass is 19.1. The van der Waals surface area contributed by atoms with E-state index in [2.05, 4.69) is 17.2 Å². The van der Waals surface area contributed by atoms with E-state index >= 15 is 0 Å². The first-order valence-electron chi connectivity index (χ1n) is 6.45. The van der Waals surface area contributed by atoms with E-state index in [0.29, 0.717) is 11.4 Å². The van der Waals surface area contributed by atoms with Crippen LogP contribution in [-0.2, 0) is 7.05 Å². The molecule has 0 aliphatic carbocycles. The lowest BCUT2D eigenvalue weighted by Crippen LogP contribution is -2.16. The molecule has 0 aliphatic heterocycles. The molecule has 1 aromatic carbocycles. The van der Waals surface area contributed by atoms with Crippen molar-refractivity contribution in [1.29, 1.82) is 0 Å². The molecular formula is C16H16FN3O. The standard InChI is InChI=1S/C16H16FN3O/c1-11-5-8-15(20(11)2)16(21)19-13-6-7-14(17)12(10-13)4-3-9-18/h5-8,10H,9,18H2,1-2H3,(H,19,21). The lowest BCUT2D eigenvalue weighted by Gasteiger charge is -2.08. The van der Waals surface area contributed by atoms with Gasteiger partial charge in [-0.25, -0.2) is 4.39 Å². The summed E-state index contributed by atoms with van der Waals surface area (Å²) in [5.74, 6) is 4.53. The monoisotopic (exact) mass is 285 g/mol. The number of hydrogen-bond acceptors (Lipinski definition) is 2. The maximum absolute atomic E-state index is 13.6. The Morgan fingerprint density at radius 3 is 2.76 bits per heavy atom. The van der Waals surface area contributed by atoms with E-state index in [1.165, 1.54) is 18.2 Å². The molecule has 1 aromatic heterocycles. The van der Waals surface area contributed by atoms with E-state index in [-0.39, 0.29) is 18.0 Å². The zero-order valence-corrected chi connectivity index (χ0v) is 11.9. The largest absolute Gasteiger partial charge is 0.344 e. The number of anilines is 1. The molecule has 0 saturated carbocycles. The van der Waals surface area contributed by atoms with Crippen molar-refractivity contribution in [1.82, 2.24) is 4.57 Å². The molecule has 0 aliphatic rings. The van der Waals surface area contributed by atoms with E-state index in [4.69, 9.17) is 5.73 Å². The summed E-state index contributed by atoms with van der Waals surface area (Å²) in [5.41, 5.74) is 7.48. The number of hydrogen-bond donors (Lipinski definition) is 2. The lowest BCUT2D eigenvalue weighted by molar-refractivity contribution is 0.101. The predicted octanol–water partition coefficient (Wildman–Crippen LogP) is 2.04. The van der Waals surface area contributed by atoms with Crippen molar-refractivity contribution in [3.63, 3.8) is 0 Å². The summed E-state index contributed by atoms with van der Waals surface area (Å²) in [4.78, 5) is 12.2. The van der Waals surface area contributed by atoms with Gasteiger partial charge in [0, 0.05) is 18.4 Å². The molecule has 1 amide bonds. The molecule has 2 aromatic rings. The van der Waals surface area contributed by atoms with Crippen molar-refractivity contribution >= 4 is 11.6 Å². The Morgan fingerprint density at radius 1 is 1.38 bits per heavy atom. The van der Waals surface area contributed by atoms with Crippen LogP contribution in [0.3, 0.4) is 0 Å². The van der Waals surface area contributed by atoms with Crippen LogP contribution < -0.4 is 11.1 Å². The van der Waals surface area contributed by atoms with Gasteiger partial charge in [0.15, 0.2) is 0 Å². The number of rotatable bonds is 2. The number of nitrogens with one attached hydrogen (secondary N) is 1. The zero-order valence-electron chi connectivity index (χ0n) is 11.9. The topological polar surface area (TPSA) is 60.1 Å². The average molecular weight is 285 g/mol. The Kier molecular flexibility index (Phi) is 4.41. The van der Waals surface area contributed by atoms with Gasteiger partial charge in [-0.15, -0.1) is 0 Å². The van der Waals surface area contributed by atoms with Gasteiger partial charge in [0.2, 0.25) is 0 Å². The molecule has 0 unspecified atom stereocenters. The molecule has 1 heterocycles. The molecule has 0 fully saturated rings. The molecule has 5 heteroatoms. The molecule has 108 valence electrons. The van der Waals surface area contributed by atoms with Crippen LogP contribution in [0.15, 0.2) is 30.3 Å².